The maximum Gasteiger partial charge on any atom is 0.256 e. The van der Waals surface area contributed by atoms with Crippen LogP contribution in [0, 0.1) is 17.8 Å². The highest BCUT2D eigenvalue weighted by atomic mass is 16.5. The number of hydrogen-bond donors (Lipinski definition) is 0. The van der Waals surface area contributed by atoms with Crippen LogP contribution in [0.5, 0.6) is 11.5 Å². The van der Waals surface area contributed by atoms with E-state index in [1.807, 2.05) is 0 Å². The predicted octanol–water partition coefficient (Wildman–Crippen LogP) is 14.5. The lowest BCUT2D eigenvalue weighted by molar-refractivity contribution is 0.000635. The summed E-state index contributed by atoms with van der Waals surface area (Å²) in [7, 11) is 0. The molecule has 4 saturated carbocycles. The van der Waals surface area contributed by atoms with E-state index in [-0.39, 0.29) is 17.7 Å². The number of ether oxygens (including phenoxy) is 1. The summed E-state index contributed by atoms with van der Waals surface area (Å²) in [6.45, 7) is 6.84. The molecule has 2 heterocycles. The third kappa shape index (κ3) is 6.47. The van der Waals surface area contributed by atoms with Gasteiger partial charge in [0.15, 0.2) is 0 Å². The van der Waals surface area contributed by atoms with Crippen molar-refractivity contribution in [2.75, 3.05) is 9.80 Å². The summed E-state index contributed by atoms with van der Waals surface area (Å²) in [4.78, 5) is 5.31. The number of para-hydroxylation sites is 2. The van der Waals surface area contributed by atoms with Gasteiger partial charge in [0.1, 0.15) is 11.5 Å². The smallest absolute Gasteiger partial charge is 0.256 e. The molecule has 4 fully saturated rings. The fourth-order valence-corrected chi connectivity index (χ4v) is 13.4. The van der Waals surface area contributed by atoms with Gasteiger partial charge in [-0.1, -0.05) is 148 Å². The maximum atomic E-state index is 7.36. The van der Waals surface area contributed by atoms with E-state index in [2.05, 4.69) is 219 Å². The highest BCUT2D eigenvalue weighted by Gasteiger charge is 2.57. The molecule has 0 N–H and O–H groups in total. The zero-order valence-electron chi connectivity index (χ0n) is 38.3. The normalized spacial score (nSPS) is 20.9. The Labute approximate surface area is 390 Å². The molecule has 0 saturated heterocycles. The van der Waals surface area contributed by atoms with E-state index in [1.165, 1.54) is 105 Å². The largest absolute Gasteiger partial charge is 0.458 e. The molecule has 14 rings (SSSR count). The minimum atomic E-state index is -0.0585. The lowest BCUT2D eigenvalue weighted by Crippen LogP contribution is -2.66. The van der Waals surface area contributed by atoms with Gasteiger partial charge in [0.25, 0.3) is 6.71 Å². The third-order valence-electron chi connectivity index (χ3n) is 15.9. The van der Waals surface area contributed by atoms with Gasteiger partial charge in [0, 0.05) is 34.0 Å². The fourth-order valence-electron chi connectivity index (χ4n) is 13.4. The van der Waals surface area contributed by atoms with Crippen molar-refractivity contribution in [3.05, 3.63) is 194 Å². The lowest BCUT2D eigenvalue weighted by Gasteiger charge is -2.62. The first-order valence-corrected chi connectivity index (χ1v) is 24.4. The molecule has 322 valence electrons. The summed E-state index contributed by atoms with van der Waals surface area (Å²) >= 11 is 0. The monoisotopic (exact) mass is 854 g/mol. The van der Waals surface area contributed by atoms with E-state index in [0.717, 1.165) is 46.3 Å². The molecule has 0 unspecified atom stereocenters. The van der Waals surface area contributed by atoms with Crippen molar-refractivity contribution < 1.29 is 4.74 Å². The van der Waals surface area contributed by atoms with Crippen LogP contribution in [0.2, 0.25) is 0 Å². The van der Waals surface area contributed by atoms with Gasteiger partial charge >= 0.3 is 0 Å². The molecule has 2 aliphatic heterocycles. The van der Waals surface area contributed by atoms with Gasteiger partial charge in [-0.2, -0.15) is 0 Å². The fraction of sp³-hybridized carbons (Fsp3) is 0.226. The van der Waals surface area contributed by atoms with Gasteiger partial charge in [0.05, 0.1) is 0 Å². The van der Waals surface area contributed by atoms with Crippen LogP contribution in [-0.4, -0.2) is 12.3 Å². The quantitative estimate of drug-likeness (QED) is 0.149. The molecule has 3 nitrogen and oxygen atoms in total. The Hall–Kier alpha value is -6.78. The van der Waals surface area contributed by atoms with E-state index in [4.69, 9.17) is 4.74 Å². The molecule has 0 amide bonds. The molecular formula is C62H55BN2O. The number of fused-ring (bicyclic) bond motifs is 4. The molecular weight excluding hydrogens is 800 g/mol. The van der Waals surface area contributed by atoms with E-state index in [9.17, 15) is 0 Å². The minimum absolute atomic E-state index is 0.0265. The number of nitrogens with zero attached hydrogens (tertiary/aromatic N) is 2. The average Bonchev–Trinajstić information content (AvgIpc) is 3.34. The number of anilines is 5. The minimum Gasteiger partial charge on any atom is -0.458 e. The number of rotatable bonds is 7. The van der Waals surface area contributed by atoms with Crippen LogP contribution in [-0.2, 0) is 5.41 Å². The summed E-state index contributed by atoms with van der Waals surface area (Å²) in [5.74, 6) is 4.23. The van der Waals surface area contributed by atoms with Crippen molar-refractivity contribution in [1.82, 2.24) is 0 Å². The van der Waals surface area contributed by atoms with Gasteiger partial charge in [-0.15, -0.1) is 0 Å². The van der Waals surface area contributed by atoms with Crippen LogP contribution < -0.4 is 30.9 Å². The van der Waals surface area contributed by atoms with Crippen LogP contribution in [0.4, 0.5) is 28.4 Å². The van der Waals surface area contributed by atoms with Crippen molar-refractivity contribution in [2.45, 2.75) is 70.3 Å². The van der Waals surface area contributed by atoms with Crippen LogP contribution in [0.25, 0.3) is 33.4 Å². The second kappa shape index (κ2) is 15.1. The first-order chi connectivity index (χ1) is 32.3. The molecule has 8 aromatic carbocycles. The first kappa shape index (κ1) is 39.6. The highest BCUT2D eigenvalue weighted by molar-refractivity contribution is 6.99. The zero-order chi connectivity index (χ0) is 44.1. The standard InChI is InChI=1S/C62H55BN2O/c1-61(2,3)48-26-24-44(25-27-48)47-33-57-60-59(34-47)66-58-29-28-51(64(49-20-12-6-13-21-49)50-22-14-7-15-23-50)35-55(58)63(60)54-36-52(45-16-8-4-9-17-45)53(46-18-10-5-11-19-46)37-56(54)65(57)62-38-41-30-42(39-62)32-43(31-41)40-62/h4-29,33-37,41-43H,30-32,38-40H2,1-3H3. The Morgan fingerprint density at radius 2 is 1.03 bits per heavy atom. The SMILES string of the molecule is CC(C)(C)c1ccc(-c2cc3c4c(c2)N(C25CC6CC(CC(C6)C2)C5)c2cc(-c5ccccc5)c(-c5ccccc5)cc2B4c2cc(N(c4ccccc4)c4ccccc4)ccc2O3)cc1. The summed E-state index contributed by atoms with van der Waals surface area (Å²) in [5.41, 5.74) is 18.9. The van der Waals surface area contributed by atoms with E-state index >= 15 is 0 Å². The van der Waals surface area contributed by atoms with Crippen LogP contribution in [0.3, 0.4) is 0 Å². The third-order valence-corrected chi connectivity index (χ3v) is 15.9. The predicted molar refractivity (Wildman–Crippen MR) is 277 cm³/mol. The van der Waals surface area contributed by atoms with Crippen molar-refractivity contribution in [1.29, 1.82) is 0 Å². The molecule has 6 aliphatic rings. The summed E-state index contributed by atoms with van der Waals surface area (Å²) in [6, 6.07) is 70.2. The topological polar surface area (TPSA) is 15.7 Å². The Morgan fingerprint density at radius 3 is 1.59 bits per heavy atom. The zero-order valence-corrected chi connectivity index (χ0v) is 38.3. The Bertz CT molecular complexity index is 3050. The molecule has 0 atom stereocenters. The molecule has 4 aliphatic carbocycles. The van der Waals surface area contributed by atoms with Crippen molar-refractivity contribution in [3.8, 4) is 44.9 Å². The Balaban J connectivity index is 1.10. The van der Waals surface area contributed by atoms with Crippen molar-refractivity contribution in [3.63, 3.8) is 0 Å². The molecule has 0 spiro atoms. The van der Waals surface area contributed by atoms with Gasteiger partial charge in [-0.25, -0.2) is 0 Å². The summed E-state index contributed by atoms with van der Waals surface area (Å²) < 4.78 is 7.36. The van der Waals surface area contributed by atoms with E-state index in [1.54, 1.807) is 0 Å². The molecule has 8 aromatic rings. The summed E-state index contributed by atoms with van der Waals surface area (Å²) in [6.07, 6.45) is 7.90. The van der Waals surface area contributed by atoms with Crippen LogP contribution >= 0.6 is 0 Å². The highest BCUT2D eigenvalue weighted by Crippen LogP contribution is 2.61. The van der Waals surface area contributed by atoms with E-state index in [0.29, 0.717) is 0 Å². The second-order valence-electron chi connectivity index (χ2n) is 21.2. The number of hydrogen-bond acceptors (Lipinski definition) is 3. The maximum absolute atomic E-state index is 7.36. The lowest BCUT2D eigenvalue weighted by atomic mass is 9.33. The van der Waals surface area contributed by atoms with E-state index < -0.39 is 0 Å². The number of benzene rings is 8. The van der Waals surface area contributed by atoms with Crippen LogP contribution in [0.15, 0.2) is 188 Å². The molecule has 66 heavy (non-hydrogen) atoms. The Kier molecular flexibility index (Phi) is 9.08. The first-order valence-electron chi connectivity index (χ1n) is 24.4. The van der Waals surface area contributed by atoms with Gasteiger partial charge in [-0.05, 0) is 178 Å². The van der Waals surface area contributed by atoms with Crippen molar-refractivity contribution >= 4 is 51.5 Å². The molecule has 4 heteroatoms. The molecule has 0 aromatic heterocycles. The molecule has 0 radical (unpaired) electrons. The average molecular weight is 855 g/mol. The van der Waals surface area contributed by atoms with Crippen LogP contribution in [0.1, 0.15) is 64.9 Å². The molecule has 4 bridgehead atoms. The van der Waals surface area contributed by atoms with Gasteiger partial charge in [-0.3, -0.25) is 0 Å². The van der Waals surface area contributed by atoms with Gasteiger partial charge in [0.2, 0.25) is 0 Å². The second-order valence-corrected chi connectivity index (χ2v) is 21.2. The van der Waals surface area contributed by atoms with Crippen molar-refractivity contribution in [2.24, 2.45) is 17.8 Å². The Morgan fingerprint density at radius 1 is 0.485 bits per heavy atom. The van der Waals surface area contributed by atoms with Gasteiger partial charge < -0.3 is 14.5 Å². The summed E-state index contributed by atoms with van der Waals surface area (Å²) in [5, 5.41) is 0.